The largest absolute Gasteiger partial charge is 0.315 e. The number of rotatable bonds is 3. The Balaban J connectivity index is 1.41. The molecular formula is C42H41BN2S. The summed E-state index contributed by atoms with van der Waals surface area (Å²) >= 11 is 1.92. The van der Waals surface area contributed by atoms with Crippen LogP contribution in [0.25, 0.3) is 16.6 Å². The summed E-state index contributed by atoms with van der Waals surface area (Å²) in [6, 6.07) is 39.2. The van der Waals surface area contributed by atoms with Gasteiger partial charge >= 0.3 is 0 Å². The van der Waals surface area contributed by atoms with Crippen LogP contribution in [0.2, 0.25) is 0 Å². The Labute approximate surface area is 278 Å². The third kappa shape index (κ3) is 4.41. The lowest BCUT2D eigenvalue weighted by Gasteiger charge is -2.35. The van der Waals surface area contributed by atoms with Gasteiger partial charge in [0.15, 0.2) is 0 Å². The predicted octanol–water partition coefficient (Wildman–Crippen LogP) is 9.61. The molecule has 0 atom stereocenters. The van der Waals surface area contributed by atoms with Crippen LogP contribution < -0.4 is 21.3 Å². The summed E-state index contributed by atoms with van der Waals surface area (Å²) in [6.45, 7) is 18.5. The summed E-state index contributed by atoms with van der Waals surface area (Å²) in [4.78, 5) is 5.14. The summed E-state index contributed by atoms with van der Waals surface area (Å²) in [5.74, 6) is 0. The summed E-state index contributed by atoms with van der Waals surface area (Å²) in [7, 11) is 0. The lowest BCUT2D eigenvalue weighted by atomic mass is 9.35. The second-order valence-corrected chi connectivity index (χ2v) is 16.3. The lowest BCUT2D eigenvalue weighted by molar-refractivity contribution is 0.590. The van der Waals surface area contributed by atoms with E-state index in [-0.39, 0.29) is 17.5 Å². The monoisotopic (exact) mass is 616 g/mol. The maximum absolute atomic E-state index is 2.55. The van der Waals surface area contributed by atoms with E-state index in [1.165, 1.54) is 82.2 Å². The smallest absolute Gasteiger partial charge is 0.249 e. The van der Waals surface area contributed by atoms with Gasteiger partial charge in [-0.3, -0.25) is 0 Å². The van der Waals surface area contributed by atoms with Gasteiger partial charge in [-0.2, -0.15) is 0 Å². The van der Waals surface area contributed by atoms with Crippen LogP contribution in [0.15, 0.2) is 113 Å². The number of aryl methyl sites for hydroxylation is 1. The highest BCUT2D eigenvalue weighted by Crippen LogP contribution is 2.43. The number of fused-ring (bicyclic) bond motifs is 4. The zero-order chi connectivity index (χ0) is 32.1. The quantitative estimate of drug-likeness (QED) is 0.183. The number of para-hydroxylation sites is 1. The molecule has 0 aliphatic carbocycles. The molecule has 6 aromatic rings. The molecule has 2 nitrogen and oxygen atoms in total. The first-order valence-corrected chi connectivity index (χ1v) is 17.3. The second-order valence-electron chi connectivity index (χ2n) is 15.2. The lowest BCUT2D eigenvalue weighted by Crippen LogP contribution is -2.58. The van der Waals surface area contributed by atoms with Gasteiger partial charge in [-0.1, -0.05) is 119 Å². The molecule has 0 bridgehead atoms. The fourth-order valence-electron chi connectivity index (χ4n) is 7.54. The third-order valence-electron chi connectivity index (χ3n) is 10.2. The van der Waals surface area contributed by atoms with E-state index < -0.39 is 0 Å². The maximum atomic E-state index is 2.55. The van der Waals surface area contributed by atoms with Gasteiger partial charge in [0.25, 0.3) is 0 Å². The Morgan fingerprint density at radius 2 is 1.20 bits per heavy atom. The van der Waals surface area contributed by atoms with Gasteiger partial charge in [0.1, 0.15) is 0 Å². The van der Waals surface area contributed by atoms with E-state index in [0.29, 0.717) is 0 Å². The molecule has 0 amide bonds. The normalized spacial score (nSPS) is 13.5. The Hall–Kier alpha value is -4.15. The fraction of sp³-hybridized carbons (Fsp3) is 0.238. The number of benzene rings is 5. The van der Waals surface area contributed by atoms with Crippen LogP contribution in [0.1, 0.15) is 63.9 Å². The topological polar surface area (TPSA) is 8.17 Å². The van der Waals surface area contributed by atoms with Crippen molar-refractivity contribution in [3.05, 3.63) is 126 Å². The van der Waals surface area contributed by atoms with Crippen molar-refractivity contribution in [1.82, 2.24) is 4.57 Å². The van der Waals surface area contributed by atoms with Gasteiger partial charge in [0, 0.05) is 49.1 Å². The van der Waals surface area contributed by atoms with E-state index in [1.807, 2.05) is 11.8 Å². The first-order valence-electron chi connectivity index (χ1n) is 16.5. The van der Waals surface area contributed by atoms with Crippen molar-refractivity contribution in [3.8, 4) is 5.69 Å². The van der Waals surface area contributed by atoms with E-state index in [1.54, 1.807) is 0 Å². The average molecular weight is 617 g/mol. The number of hydrogen-bond donors (Lipinski definition) is 0. The van der Waals surface area contributed by atoms with Crippen molar-refractivity contribution < 1.29 is 0 Å². The molecule has 0 saturated heterocycles. The highest BCUT2D eigenvalue weighted by atomic mass is 32.2. The first kappa shape index (κ1) is 29.3. The van der Waals surface area contributed by atoms with Crippen molar-refractivity contribution in [2.75, 3.05) is 4.90 Å². The molecule has 2 aliphatic heterocycles. The molecule has 4 heteroatoms. The highest BCUT2D eigenvalue weighted by molar-refractivity contribution is 8.00. The fourth-order valence-corrected chi connectivity index (χ4v) is 8.74. The minimum Gasteiger partial charge on any atom is -0.315 e. The molecule has 0 unspecified atom stereocenters. The van der Waals surface area contributed by atoms with Crippen LogP contribution in [0.4, 0.5) is 17.1 Å². The van der Waals surface area contributed by atoms with Crippen LogP contribution in [0.3, 0.4) is 0 Å². The third-order valence-corrected chi connectivity index (χ3v) is 11.4. The molecule has 0 spiro atoms. The molecule has 5 aromatic carbocycles. The summed E-state index contributed by atoms with van der Waals surface area (Å²) < 4.78 is 2.55. The van der Waals surface area contributed by atoms with Gasteiger partial charge < -0.3 is 9.47 Å². The van der Waals surface area contributed by atoms with Crippen LogP contribution in [0.5, 0.6) is 0 Å². The molecule has 0 N–H and O–H groups in total. The van der Waals surface area contributed by atoms with E-state index in [2.05, 4.69) is 168 Å². The van der Waals surface area contributed by atoms with Gasteiger partial charge in [0.05, 0.1) is 0 Å². The van der Waals surface area contributed by atoms with E-state index in [4.69, 9.17) is 0 Å². The molecular weight excluding hydrogens is 575 g/mol. The average Bonchev–Trinajstić information content (AvgIpc) is 3.29. The number of aromatic nitrogens is 1. The predicted molar refractivity (Wildman–Crippen MR) is 200 cm³/mol. The number of anilines is 3. The number of nitrogens with zero attached hydrogens (tertiary/aromatic N) is 2. The summed E-state index contributed by atoms with van der Waals surface area (Å²) in [5.41, 5.74) is 16.0. The van der Waals surface area contributed by atoms with Gasteiger partial charge in [-0.15, -0.1) is 0 Å². The molecule has 3 heterocycles. The van der Waals surface area contributed by atoms with Crippen LogP contribution in [-0.4, -0.2) is 11.3 Å². The standard InChI is InChI=1S/C42H41BN2S/c1-26-27(2)44-36-24-32(25-38-39(36)43(34-13-9-10-15-37(34)46-38)35-14-11-12-33(26)40(35)44)45(30-20-16-28(17-21-30)41(3,4)5)31-22-18-29(19-23-31)42(6,7)8/h9-25H,1-8H3. The second kappa shape index (κ2) is 10.2. The molecule has 0 radical (unpaired) electrons. The molecule has 0 fully saturated rings. The minimum atomic E-state index is 0.0926. The highest BCUT2D eigenvalue weighted by Gasteiger charge is 2.40. The molecule has 0 saturated carbocycles. The minimum absolute atomic E-state index is 0.0926. The molecule has 228 valence electrons. The Morgan fingerprint density at radius 3 is 1.80 bits per heavy atom. The Morgan fingerprint density at radius 1 is 0.609 bits per heavy atom. The zero-order valence-corrected chi connectivity index (χ0v) is 29.0. The molecule has 2 aliphatic rings. The number of hydrogen-bond acceptors (Lipinski definition) is 2. The van der Waals surface area contributed by atoms with Gasteiger partial charge in [0.2, 0.25) is 6.71 Å². The van der Waals surface area contributed by atoms with Crippen LogP contribution in [-0.2, 0) is 10.8 Å². The SMILES string of the molecule is Cc1c(C)n2c3c(cccc13)B1c3ccccc3Sc3cc(N(c4ccc(C(C)(C)C)cc4)c4ccc(C(C)(C)C)cc4)cc-2c31. The maximum Gasteiger partial charge on any atom is 0.249 e. The van der Waals surface area contributed by atoms with E-state index in [9.17, 15) is 0 Å². The first-order chi connectivity index (χ1) is 21.9. The van der Waals surface area contributed by atoms with Crippen LogP contribution in [0, 0.1) is 13.8 Å². The van der Waals surface area contributed by atoms with Crippen molar-refractivity contribution in [2.45, 2.75) is 76.0 Å². The zero-order valence-electron chi connectivity index (χ0n) is 28.2. The summed E-state index contributed by atoms with van der Waals surface area (Å²) in [5, 5.41) is 1.36. The van der Waals surface area contributed by atoms with Crippen molar-refractivity contribution in [1.29, 1.82) is 0 Å². The van der Waals surface area contributed by atoms with Gasteiger partial charge in [-0.25, -0.2) is 0 Å². The molecule has 8 rings (SSSR count). The molecule has 1 aromatic heterocycles. The van der Waals surface area contributed by atoms with Crippen molar-refractivity contribution >= 4 is 62.8 Å². The molecule has 46 heavy (non-hydrogen) atoms. The van der Waals surface area contributed by atoms with Gasteiger partial charge in [-0.05, 0) is 94.8 Å². The van der Waals surface area contributed by atoms with E-state index >= 15 is 0 Å². The Kier molecular flexibility index (Phi) is 6.48. The van der Waals surface area contributed by atoms with E-state index in [0.717, 1.165) is 0 Å². The Bertz CT molecular complexity index is 2100. The van der Waals surface area contributed by atoms with Crippen LogP contribution >= 0.6 is 11.8 Å². The summed E-state index contributed by atoms with van der Waals surface area (Å²) in [6.07, 6.45) is 0. The van der Waals surface area contributed by atoms with Crippen molar-refractivity contribution in [3.63, 3.8) is 0 Å². The van der Waals surface area contributed by atoms with Crippen molar-refractivity contribution in [2.24, 2.45) is 0 Å².